The Labute approximate surface area is 160 Å². The summed E-state index contributed by atoms with van der Waals surface area (Å²) in [5, 5.41) is 0. The Morgan fingerprint density at radius 2 is 1.68 bits per heavy atom. The largest absolute Gasteiger partial charge is 0.319 e. The van der Waals surface area contributed by atoms with Gasteiger partial charge in [-0.1, -0.05) is 54.6 Å². The molecular weight excluding hydrogens is 355 g/mol. The van der Waals surface area contributed by atoms with Crippen molar-refractivity contribution in [2.75, 3.05) is 0 Å². The van der Waals surface area contributed by atoms with E-state index < -0.39 is 11.4 Å². The van der Waals surface area contributed by atoms with E-state index in [-0.39, 0.29) is 17.1 Å². The van der Waals surface area contributed by atoms with Crippen molar-refractivity contribution in [3.05, 3.63) is 112 Å². The van der Waals surface area contributed by atoms with Gasteiger partial charge in [0.25, 0.3) is 5.56 Å². The van der Waals surface area contributed by atoms with Gasteiger partial charge in [0.15, 0.2) is 5.78 Å². The van der Waals surface area contributed by atoms with Gasteiger partial charge in [0.1, 0.15) is 11.5 Å². The van der Waals surface area contributed by atoms with Crippen molar-refractivity contribution in [2.45, 2.75) is 0 Å². The zero-order chi connectivity index (χ0) is 19.5. The van der Waals surface area contributed by atoms with Crippen LogP contribution in [0.3, 0.4) is 0 Å². The normalized spacial score (nSPS) is 11.5. The summed E-state index contributed by atoms with van der Waals surface area (Å²) in [6.45, 7) is 0. The van der Waals surface area contributed by atoms with Crippen molar-refractivity contribution >= 4 is 28.5 Å². The van der Waals surface area contributed by atoms with Crippen molar-refractivity contribution in [1.82, 2.24) is 9.97 Å². The molecule has 0 saturated heterocycles. The molecule has 0 bridgehead atoms. The molecule has 1 heterocycles. The lowest BCUT2D eigenvalue weighted by Crippen LogP contribution is -2.18. The number of fused-ring (bicyclic) bond motifs is 1. The van der Waals surface area contributed by atoms with E-state index >= 15 is 0 Å². The lowest BCUT2D eigenvalue weighted by Gasteiger charge is -2.08. The molecule has 0 aliphatic carbocycles. The van der Waals surface area contributed by atoms with E-state index in [9.17, 15) is 14.0 Å². The summed E-state index contributed by atoms with van der Waals surface area (Å²) >= 11 is 0. The van der Waals surface area contributed by atoms with E-state index in [4.69, 9.17) is 0 Å². The number of carbonyl (C=O) groups is 1. The Hall–Kier alpha value is -3.86. The highest BCUT2D eigenvalue weighted by molar-refractivity contribution is 6.32. The number of nitrogens with zero attached hydrogens (tertiary/aromatic N) is 1. The van der Waals surface area contributed by atoms with Gasteiger partial charge in [0, 0.05) is 5.56 Å². The maximum atomic E-state index is 13.6. The Kier molecular flexibility index (Phi) is 4.64. The van der Waals surface area contributed by atoms with Gasteiger partial charge >= 0.3 is 0 Å². The zero-order valence-corrected chi connectivity index (χ0v) is 14.7. The molecule has 0 amide bonds. The standard InChI is InChI=1S/C23H15FN2O2/c24-17-10-6-7-15(13-17)14-18(22(27)16-8-2-1-3-9-16)21-23(28)26-20-12-5-4-11-19(20)25-21/h1-14H,(H,26,28)/b18-14+. The molecule has 0 unspecified atom stereocenters. The molecule has 4 nitrogen and oxygen atoms in total. The molecule has 0 fully saturated rings. The monoisotopic (exact) mass is 370 g/mol. The van der Waals surface area contributed by atoms with Crippen molar-refractivity contribution in [1.29, 1.82) is 0 Å². The number of carbonyl (C=O) groups excluding carboxylic acids is 1. The summed E-state index contributed by atoms with van der Waals surface area (Å²) in [4.78, 5) is 33.0. The van der Waals surface area contributed by atoms with Crippen molar-refractivity contribution in [2.24, 2.45) is 0 Å². The number of hydrogen-bond donors (Lipinski definition) is 1. The third kappa shape index (κ3) is 3.50. The Morgan fingerprint density at radius 1 is 0.929 bits per heavy atom. The molecule has 5 heteroatoms. The highest BCUT2D eigenvalue weighted by Gasteiger charge is 2.19. The predicted octanol–water partition coefficient (Wildman–Crippen LogP) is 4.49. The van der Waals surface area contributed by atoms with Crippen molar-refractivity contribution in [3.8, 4) is 0 Å². The second-order valence-electron chi connectivity index (χ2n) is 6.24. The second-order valence-corrected chi connectivity index (χ2v) is 6.24. The lowest BCUT2D eigenvalue weighted by molar-refractivity contribution is 0.105. The van der Waals surface area contributed by atoms with Gasteiger partial charge in [-0.25, -0.2) is 9.37 Å². The highest BCUT2D eigenvalue weighted by atomic mass is 19.1. The van der Waals surface area contributed by atoms with Crippen LogP contribution >= 0.6 is 0 Å². The molecule has 4 aromatic rings. The summed E-state index contributed by atoms with van der Waals surface area (Å²) in [6.07, 6.45) is 1.49. The number of para-hydroxylation sites is 2. The fourth-order valence-corrected chi connectivity index (χ4v) is 2.96. The zero-order valence-electron chi connectivity index (χ0n) is 14.7. The third-order valence-electron chi connectivity index (χ3n) is 4.29. The van der Waals surface area contributed by atoms with Crippen molar-refractivity contribution < 1.29 is 9.18 Å². The molecule has 28 heavy (non-hydrogen) atoms. The summed E-state index contributed by atoms with van der Waals surface area (Å²) < 4.78 is 13.6. The first-order valence-corrected chi connectivity index (χ1v) is 8.68. The average molecular weight is 370 g/mol. The maximum absolute atomic E-state index is 13.6. The van der Waals surface area contributed by atoms with Crippen LogP contribution in [-0.2, 0) is 0 Å². The van der Waals surface area contributed by atoms with Gasteiger partial charge in [0.05, 0.1) is 16.6 Å². The molecule has 3 aromatic carbocycles. The van der Waals surface area contributed by atoms with Crippen LogP contribution in [0.25, 0.3) is 22.7 Å². The molecule has 0 saturated carbocycles. The molecule has 0 atom stereocenters. The minimum atomic E-state index is -0.481. The molecule has 136 valence electrons. The molecule has 0 aliphatic rings. The van der Waals surface area contributed by atoms with Crippen LogP contribution in [0.5, 0.6) is 0 Å². The summed E-state index contributed by atoms with van der Waals surface area (Å²) in [7, 11) is 0. The molecule has 1 N–H and O–H groups in total. The van der Waals surface area contributed by atoms with Crippen LogP contribution < -0.4 is 5.56 Å². The number of hydrogen-bond acceptors (Lipinski definition) is 3. The van der Waals surface area contributed by atoms with Gasteiger partial charge in [-0.2, -0.15) is 0 Å². The molecule has 4 rings (SSSR count). The number of rotatable bonds is 4. The SMILES string of the molecule is O=C(/C(=C/c1cccc(F)c1)c1nc2ccccc2[nH]c1=O)c1ccccc1. The van der Waals surface area contributed by atoms with Crippen LogP contribution in [0.15, 0.2) is 83.7 Å². The van der Waals surface area contributed by atoms with Crippen LogP contribution in [-0.4, -0.2) is 15.8 Å². The second kappa shape index (κ2) is 7.40. The van der Waals surface area contributed by atoms with Gasteiger partial charge < -0.3 is 4.98 Å². The molecule has 0 spiro atoms. The van der Waals surface area contributed by atoms with E-state index in [2.05, 4.69) is 9.97 Å². The lowest BCUT2D eigenvalue weighted by atomic mass is 9.98. The summed E-state index contributed by atoms with van der Waals surface area (Å²) in [5.41, 5.74) is 1.64. The van der Waals surface area contributed by atoms with Crippen molar-refractivity contribution in [3.63, 3.8) is 0 Å². The fraction of sp³-hybridized carbons (Fsp3) is 0. The molecular formula is C23H15FN2O2. The summed E-state index contributed by atoms with van der Waals surface area (Å²) in [6, 6.07) is 21.5. The van der Waals surface area contributed by atoms with Gasteiger partial charge in [-0.15, -0.1) is 0 Å². The van der Waals surface area contributed by atoms with Gasteiger partial charge in [-0.05, 0) is 35.9 Å². The van der Waals surface area contributed by atoms with Gasteiger partial charge in [-0.3, -0.25) is 9.59 Å². The smallest absolute Gasteiger partial charge is 0.275 e. The van der Waals surface area contributed by atoms with Gasteiger partial charge in [0.2, 0.25) is 0 Å². The number of ketones is 1. The third-order valence-corrected chi connectivity index (χ3v) is 4.29. The number of halogens is 1. The predicted molar refractivity (Wildman–Crippen MR) is 107 cm³/mol. The minimum Gasteiger partial charge on any atom is -0.319 e. The van der Waals surface area contributed by atoms with E-state index in [1.807, 2.05) is 0 Å². The number of benzene rings is 3. The topological polar surface area (TPSA) is 62.8 Å². The van der Waals surface area contributed by atoms with Crippen LogP contribution in [0, 0.1) is 5.82 Å². The number of aromatic nitrogens is 2. The number of Topliss-reactive ketones (excluding diaryl/α,β-unsaturated/α-hetero) is 1. The fourth-order valence-electron chi connectivity index (χ4n) is 2.96. The Morgan fingerprint density at radius 3 is 2.46 bits per heavy atom. The first kappa shape index (κ1) is 17.5. The van der Waals surface area contributed by atoms with Crippen LogP contribution in [0.4, 0.5) is 4.39 Å². The maximum Gasteiger partial charge on any atom is 0.275 e. The Balaban J connectivity index is 1.94. The average Bonchev–Trinajstić information content (AvgIpc) is 2.72. The summed E-state index contributed by atoms with van der Waals surface area (Å²) in [5.74, 6) is -0.793. The van der Waals surface area contributed by atoms with Crippen LogP contribution in [0.2, 0.25) is 0 Å². The highest BCUT2D eigenvalue weighted by Crippen LogP contribution is 2.21. The number of allylic oxidation sites excluding steroid dienone is 1. The van der Waals surface area contributed by atoms with E-state index in [1.165, 1.54) is 18.2 Å². The number of H-pyrrole nitrogens is 1. The first-order chi connectivity index (χ1) is 13.6. The minimum absolute atomic E-state index is 0.00295. The molecule has 1 aromatic heterocycles. The first-order valence-electron chi connectivity index (χ1n) is 8.68. The molecule has 0 radical (unpaired) electrons. The van der Waals surface area contributed by atoms with E-state index in [0.29, 0.717) is 22.2 Å². The number of nitrogens with one attached hydrogen (secondary N) is 1. The van der Waals surface area contributed by atoms with E-state index in [0.717, 1.165) is 0 Å². The van der Waals surface area contributed by atoms with Crippen LogP contribution in [0.1, 0.15) is 21.6 Å². The quantitative estimate of drug-likeness (QED) is 0.425. The number of aromatic amines is 1. The Bertz CT molecular complexity index is 1260. The molecule has 0 aliphatic heterocycles. The van der Waals surface area contributed by atoms with E-state index in [1.54, 1.807) is 66.7 Å².